The monoisotopic (exact) mass is 559 g/mol. The Morgan fingerprint density at radius 3 is 2.51 bits per heavy atom. The highest BCUT2D eigenvalue weighted by molar-refractivity contribution is 9.09. The van der Waals surface area contributed by atoms with Gasteiger partial charge in [0.25, 0.3) is 5.88 Å². The Morgan fingerprint density at radius 1 is 1.22 bits per heavy atom. The predicted octanol–water partition coefficient (Wildman–Crippen LogP) is 5.10. The Morgan fingerprint density at radius 2 is 1.92 bits per heavy atom. The zero-order valence-corrected chi connectivity index (χ0v) is 22.3. The van der Waals surface area contributed by atoms with E-state index in [9.17, 15) is 10.1 Å². The van der Waals surface area contributed by atoms with Gasteiger partial charge in [0.1, 0.15) is 5.75 Å². The minimum atomic E-state index is -0.238. The molecule has 3 aromatic rings. The molecule has 0 radical (unpaired) electrons. The molecule has 188 valence electrons. The summed E-state index contributed by atoms with van der Waals surface area (Å²) >= 11 is 3.61. The molecule has 2 aromatic heterocycles. The van der Waals surface area contributed by atoms with E-state index in [1.54, 1.807) is 10.6 Å². The first-order valence-corrected chi connectivity index (χ1v) is 13.5. The number of nitrogens with one attached hydrogen (secondary N) is 2. The van der Waals surface area contributed by atoms with Gasteiger partial charge >= 0.3 is 5.69 Å². The number of hydrogen-bond donors (Lipinski definition) is 2. The molecule has 2 N–H and O–H groups in total. The van der Waals surface area contributed by atoms with Crippen LogP contribution >= 0.6 is 15.9 Å². The van der Waals surface area contributed by atoms with Gasteiger partial charge in [-0.2, -0.15) is 20.5 Å². The fourth-order valence-corrected chi connectivity index (χ4v) is 6.64. The SMILES string of the molecule is Cc1cc(/C=C/C#N)cc(C)c1Oc1nc(NC23CC(C#N)(C2)C3)nc2[nH]c(=O)n(CC3(CBr)CC3)c12. The number of aromatic nitrogens is 4. The van der Waals surface area contributed by atoms with E-state index in [1.165, 1.54) is 6.08 Å². The zero-order chi connectivity index (χ0) is 26.0. The van der Waals surface area contributed by atoms with Crippen LogP contribution < -0.4 is 15.7 Å². The Hall–Kier alpha value is -3.63. The number of nitriles is 2. The maximum absolute atomic E-state index is 13.1. The molecule has 2 bridgehead atoms. The first-order chi connectivity index (χ1) is 17.7. The number of rotatable bonds is 8. The molecule has 0 saturated heterocycles. The summed E-state index contributed by atoms with van der Waals surface area (Å²) in [7, 11) is 0. The van der Waals surface area contributed by atoms with Crippen molar-refractivity contribution < 1.29 is 4.74 Å². The van der Waals surface area contributed by atoms with Crippen molar-refractivity contribution in [3.05, 3.63) is 45.4 Å². The molecule has 37 heavy (non-hydrogen) atoms. The predicted molar refractivity (Wildman–Crippen MR) is 142 cm³/mol. The second kappa shape index (κ2) is 8.19. The van der Waals surface area contributed by atoms with Gasteiger partial charge in [-0.3, -0.25) is 9.55 Å². The third-order valence-corrected chi connectivity index (χ3v) is 9.19. The third-order valence-electron chi connectivity index (χ3n) is 8.00. The third kappa shape index (κ3) is 3.91. The van der Waals surface area contributed by atoms with E-state index in [-0.39, 0.29) is 22.1 Å². The van der Waals surface area contributed by atoms with Crippen LogP contribution in [0.25, 0.3) is 17.2 Å². The lowest BCUT2D eigenvalue weighted by molar-refractivity contribution is -0.0665. The van der Waals surface area contributed by atoms with Gasteiger partial charge in [0.15, 0.2) is 11.2 Å². The highest BCUT2D eigenvalue weighted by atomic mass is 79.9. The number of imidazole rings is 1. The van der Waals surface area contributed by atoms with Gasteiger partial charge in [-0.15, -0.1) is 0 Å². The van der Waals surface area contributed by atoms with Crippen LogP contribution in [0.4, 0.5) is 5.95 Å². The molecule has 0 unspecified atom stereocenters. The van der Waals surface area contributed by atoms with Gasteiger partial charge in [0.05, 0.1) is 17.6 Å². The fourth-order valence-electron chi connectivity index (χ4n) is 5.91. The average molecular weight is 560 g/mol. The van der Waals surface area contributed by atoms with E-state index in [2.05, 4.69) is 37.3 Å². The van der Waals surface area contributed by atoms with E-state index < -0.39 is 0 Å². The quantitative estimate of drug-likeness (QED) is 0.289. The molecule has 4 fully saturated rings. The van der Waals surface area contributed by atoms with Crippen LogP contribution in [0.3, 0.4) is 0 Å². The number of ether oxygens (including phenoxy) is 1. The number of fused-ring (bicyclic) bond motifs is 1. The molecule has 7 rings (SSSR count). The first kappa shape index (κ1) is 23.7. The Bertz CT molecular complexity index is 1570. The van der Waals surface area contributed by atoms with Crippen molar-refractivity contribution in [3.63, 3.8) is 0 Å². The van der Waals surface area contributed by atoms with Crippen molar-refractivity contribution >= 4 is 39.1 Å². The van der Waals surface area contributed by atoms with Gasteiger partial charge < -0.3 is 10.1 Å². The van der Waals surface area contributed by atoms with Crippen LogP contribution in [0.5, 0.6) is 11.6 Å². The molecule has 4 saturated carbocycles. The van der Waals surface area contributed by atoms with Crippen molar-refractivity contribution in [1.82, 2.24) is 19.5 Å². The number of halogens is 1. The Kier molecular flexibility index (Phi) is 5.26. The van der Waals surface area contributed by atoms with Gasteiger partial charge in [-0.05, 0) is 86.3 Å². The Balaban J connectivity index is 1.42. The maximum Gasteiger partial charge on any atom is 0.327 e. The second-order valence-corrected chi connectivity index (χ2v) is 11.6. The number of anilines is 1. The molecular weight excluding hydrogens is 534 g/mol. The molecular formula is C27H26BrN7O2. The van der Waals surface area contributed by atoms with Crippen LogP contribution in [-0.2, 0) is 6.54 Å². The molecule has 4 aliphatic carbocycles. The molecule has 4 aliphatic rings. The lowest BCUT2D eigenvalue weighted by Gasteiger charge is -2.66. The smallest absolute Gasteiger partial charge is 0.327 e. The molecule has 0 amide bonds. The largest absolute Gasteiger partial charge is 0.436 e. The molecule has 0 spiro atoms. The van der Waals surface area contributed by atoms with E-state index in [4.69, 9.17) is 15.0 Å². The van der Waals surface area contributed by atoms with Crippen molar-refractivity contribution in [2.24, 2.45) is 10.8 Å². The van der Waals surface area contributed by atoms with E-state index >= 15 is 0 Å². The summed E-state index contributed by atoms with van der Waals surface area (Å²) in [6, 6.07) is 8.34. The van der Waals surface area contributed by atoms with E-state index in [0.717, 1.165) is 54.1 Å². The summed E-state index contributed by atoms with van der Waals surface area (Å²) in [5.74, 6) is 1.34. The van der Waals surface area contributed by atoms with Gasteiger partial charge in [0, 0.05) is 23.5 Å². The molecule has 1 aromatic carbocycles. The lowest BCUT2D eigenvalue weighted by atomic mass is 9.40. The summed E-state index contributed by atoms with van der Waals surface area (Å²) in [6.45, 7) is 4.44. The first-order valence-electron chi connectivity index (χ1n) is 12.3. The maximum atomic E-state index is 13.1. The summed E-state index contributed by atoms with van der Waals surface area (Å²) < 4.78 is 8.17. The number of hydrogen-bond acceptors (Lipinski definition) is 7. The van der Waals surface area contributed by atoms with Crippen LogP contribution in [0.1, 0.15) is 48.8 Å². The van der Waals surface area contributed by atoms with Crippen molar-refractivity contribution in [3.8, 4) is 23.8 Å². The topological polar surface area (TPSA) is 132 Å². The van der Waals surface area contributed by atoms with Crippen molar-refractivity contribution in [1.29, 1.82) is 10.5 Å². The number of aryl methyl sites for hydroxylation is 2. The number of allylic oxidation sites excluding steroid dienone is 1. The minimum absolute atomic E-state index is 0.0468. The molecule has 0 aliphatic heterocycles. The van der Waals surface area contributed by atoms with E-state index in [1.807, 2.05) is 32.0 Å². The average Bonchev–Trinajstić information content (AvgIpc) is 3.53. The second-order valence-electron chi connectivity index (χ2n) is 11.1. The number of nitrogens with zero attached hydrogens (tertiary/aromatic N) is 5. The summed E-state index contributed by atoms with van der Waals surface area (Å²) in [4.78, 5) is 25.4. The van der Waals surface area contributed by atoms with Crippen LogP contribution in [-0.4, -0.2) is 30.4 Å². The van der Waals surface area contributed by atoms with Crippen LogP contribution in [0.2, 0.25) is 0 Å². The summed E-state index contributed by atoms with van der Waals surface area (Å²) in [5, 5.41) is 22.5. The van der Waals surface area contributed by atoms with Crippen LogP contribution in [0, 0.1) is 47.3 Å². The highest BCUT2D eigenvalue weighted by Gasteiger charge is 2.69. The van der Waals surface area contributed by atoms with Crippen molar-refractivity contribution in [2.75, 3.05) is 10.6 Å². The molecule has 9 nitrogen and oxygen atoms in total. The number of alkyl halides is 1. The normalized spacial score (nSPS) is 24.7. The summed E-state index contributed by atoms with van der Waals surface area (Å²) in [6.07, 6.45) is 7.61. The lowest BCUT2D eigenvalue weighted by Crippen LogP contribution is -2.70. The highest BCUT2D eigenvalue weighted by Crippen LogP contribution is 2.67. The van der Waals surface area contributed by atoms with Gasteiger partial charge in [-0.25, -0.2) is 4.79 Å². The molecule has 2 heterocycles. The molecule has 10 heteroatoms. The number of aromatic amines is 1. The van der Waals surface area contributed by atoms with Crippen molar-refractivity contribution in [2.45, 2.75) is 58.0 Å². The standard InChI is InChI=1S/C27H26BrN7O2/c1-16-8-18(4-3-7-29)9-17(2)20(16)37-22-19-21(32-24(36)35(19)15-25(13-28)5-6-25)31-23(33-22)34-27-10-26(11-27,12-27)14-30/h3-4,8-9H,5-6,10-13,15H2,1-2H3,(H2,31,32,33,34,36)/b4-3+. The van der Waals surface area contributed by atoms with E-state index in [0.29, 0.717) is 35.3 Å². The number of benzene rings is 1. The minimum Gasteiger partial charge on any atom is -0.436 e. The van der Waals surface area contributed by atoms with Gasteiger partial charge in [0.2, 0.25) is 5.95 Å². The zero-order valence-electron chi connectivity index (χ0n) is 20.7. The molecule has 0 atom stereocenters. The van der Waals surface area contributed by atoms with Crippen LogP contribution in [0.15, 0.2) is 23.0 Å². The number of H-pyrrole nitrogens is 1. The Labute approximate surface area is 222 Å². The fraction of sp³-hybridized carbons (Fsp3) is 0.444. The van der Waals surface area contributed by atoms with Gasteiger partial charge in [-0.1, -0.05) is 15.9 Å². The summed E-state index contributed by atoms with van der Waals surface area (Å²) in [5.41, 5.74) is 3.07.